The lowest BCUT2D eigenvalue weighted by Crippen LogP contribution is -1.65. The highest BCUT2D eigenvalue weighted by Gasteiger charge is 1.98. The number of thioether (sulfide) groups is 1. The van der Waals surface area contributed by atoms with Gasteiger partial charge in [-0.15, -0.1) is 23.1 Å². The molecule has 13 heavy (non-hydrogen) atoms. The Balaban J connectivity index is 2.52. The molecular formula is C11H10S2. The first-order chi connectivity index (χ1) is 6.42. The third-order valence-electron chi connectivity index (χ3n) is 1.89. The Kier molecular flexibility index (Phi) is 2.71. The number of thiophene rings is 1. The highest BCUT2D eigenvalue weighted by atomic mass is 32.2. The zero-order valence-corrected chi connectivity index (χ0v) is 8.99. The van der Waals surface area contributed by atoms with E-state index >= 15 is 0 Å². The van der Waals surface area contributed by atoms with E-state index in [1.54, 1.807) is 23.1 Å². The monoisotopic (exact) mass is 206 g/mol. The molecule has 0 aliphatic rings. The maximum absolute atomic E-state index is 2.21. The normalized spacial score (nSPS) is 11.5. The third kappa shape index (κ3) is 1.79. The third-order valence-corrected chi connectivity index (χ3v) is 3.28. The molecule has 1 aromatic carbocycles. The Bertz CT molecular complexity index is 426. The maximum Gasteiger partial charge on any atom is 0.0348 e. The van der Waals surface area contributed by atoms with Gasteiger partial charge in [0, 0.05) is 4.70 Å². The molecule has 0 aliphatic heterocycles. The summed E-state index contributed by atoms with van der Waals surface area (Å²) in [6.07, 6.45) is 4.24. The molecule has 1 aromatic heterocycles. The fourth-order valence-electron chi connectivity index (χ4n) is 1.27. The Labute approximate surface area is 86.3 Å². The van der Waals surface area contributed by atoms with Crippen LogP contribution in [0.2, 0.25) is 0 Å². The number of benzene rings is 1. The molecule has 0 saturated heterocycles. The first kappa shape index (κ1) is 8.85. The molecule has 66 valence electrons. The van der Waals surface area contributed by atoms with Crippen molar-refractivity contribution in [3.63, 3.8) is 0 Å². The molecule has 1 heterocycles. The van der Waals surface area contributed by atoms with Crippen molar-refractivity contribution in [3.8, 4) is 0 Å². The van der Waals surface area contributed by atoms with Crippen LogP contribution in [0.3, 0.4) is 0 Å². The van der Waals surface area contributed by atoms with E-state index in [2.05, 4.69) is 47.4 Å². The molecule has 0 atom stereocenters. The summed E-state index contributed by atoms with van der Waals surface area (Å²) in [5.41, 5.74) is 1.33. The van der Waals surface area contributed by atoms with Gasteiger partial charge in [0.15, 0.2) is 0 Å². The van der Waals surface area contributed by atoms with Gasteiger partial charge in [0.1, 0.15) is 0 Å². The number of hydrogen-bond acceptors (Lipinski definition) is 2. The van der Waals surface area contributed by atoms with Crippen LogP contribution in [0.5, 0.6) is 0 Å². The number of fused-ring (bicyclic) bond motifs is 1. The summed E-state index contributed by atoms with van der Waals surface area (Å²) in [5, 5.41) is 5.68. The van der Waals surface area contributed by atoms with Crippen LogP contribution in [0, 0.1) is 0 Å². The quantitative estimate of drug-likeness (QED) is 0.708. The van der Waals surface area contributed by atoms with Gasteiger partial charge >= 0.3 is 0 Å². The number of rotatable bonds is 2. The van der Waals surface area contributed by atoms with Gasteiger partial charge in [-0.25, -0.2) is 0 Å². The Morgan fingerprint density at radius 2 is 2.15 bits per heavy atom. The maximum atomic E-state index is 2.21. The second-order valence-electron chi connectivity index (χ2n) is 2.73. The lowest BCUT2D eigenvalue weighted by Gasteiger charge is -1.89. The van der Waals surface area contributed by atoms with Crippen LogP contribution in [-0.4, -0.2) is 6.26 Å². The predicted molar refractivity (Wildman–Crippen MR) is 64.4 cm³/mol. The summed E-state index contributed by atoms with van der Waals surface area (Å²) < 4.78 is 1.36. The van der Waals surface area contributed by atoms with E-state index in [1.807, 2.05) is 0 Å². The van der Waals surface area contributed by atoms with E-state index in [4.69, 9.17) is 0 Å². The van der Waals surface area contributed by atoms with Gasteiger partial charge in [0.05, 0.1) is 0 Å². The molecule has 0 fully saturated rings. The molecule has 0 unspecified atom stereocenters. The Hall–Kier alpha value is -0.730. The average molecular weight is 206 g/mol. The van der Waals surface area contributed by atoms with Gasteiger partial charge in [0.25, 0.3) is 0 Å². The van der Waals surface area contributed by atoms with Crippen LogP contribution in [0.25, 0.3) is 16.2 Å². The lowest BCUT2D eigenvalue weighted by molar-refractivity contribution is 1.83. The molecule has 0 nitrogen and oxygen atoms in total. The van der Waals surface area contributed by atoms with Crippen LogP contribution in [-0.2, 0) is 0 Å². The molecule has 2 heteroatoms. The highest BCUT2D eigenvalue weighted by molar-refractivity contribution is 8.01. The largest absolute Gasteiger partial charge is 0.143 e. The van der Waals surface area contributed by atoms with Crippen LogP contribution in [0.4, 0.5) is 0 Å². The van der Waals surface area contributed by atoms with Crippen molar-refractivity contribution in [2.45, 2.75) is 0 Å². The van der Waals surface area contributed by atoms with Crippen molar-refractivity contribution in [2.75, 3.05) is 6.26 Å². The summed E-state index contributed by atoms with van der Waals surface area (Å²) >= 11 is 3.54. The molecule has 0 saturated carbocycles. The molecule has 0 N–H and O–H groups in total. The van der Waals surface area contributed by atoms with Crippen LogP contribution in [0.1, 0.15) is 5.56 Å². The first-order valence-electron chi connectivity index (χ1n) is 4.07. The average Bonchev–Trinajstić information content (AvgIpc) is 2.58. The van der Waals surface area contributed by atoms with Crippen LogP contribution in [0.15, 0.2) is 35.1 Å². The predicted octanol–water partition coefficient (Wildman–Crippen LogP) is 4.24. The minimum absolute atomic E-state index is 1.33. The molecule has 0 spiro atoms. The second-order valence-corrected chi connectivity index (χ2v) is 4.38. The van der Waals surface area contributed by atoms with Gasteiger partial charge in [-0.2, -0.15) is 0 Å². The van der Waals surface area contributed by atoms with E-state index in [0.29, 0.717) is 0 Å². The van der Waals surface area contributed by atoms with E-state index in [-0.39, 0.29) is 0 Å². The first-order valence-corrected chi connectivity index (χ1v) is 6.24. The summed E-state index contributed by atoms with van der Waals surface area (Å²) in [7, 11) is 0. The van der Waals surface area contributed by atoms with Gasteiger partial charge < -0.3 is 0 Å². The zero-order valence-electron chi connectivity index (χ0n) is 7.36. The van der Waals surface area contributed by atoms with E-state index in [9.17, 15) is 0 Å². The van der Waals surface area contributed by atoms with Gasteiger partial charge in [-0.1, -0.05) is 18.2 Å². The SMILES string of the molecule is CS/C=C/c1csc2ccccc12. The molecule has 2 rings (SSSR count). The molecule has 0 bridgehead atoms. The van der Waals surface area contributed by atoms with E-state index < -0.39 is 0 Å². The molecule has 0 radical (unpaired) electrons. The summed E-state index contributed by atoms with van der Waals surface area (Å²) in [6, 6.07) is 8.51. The minimum atomic E-state index is 1.33. The van der Waals surface area contributed by atoms with E-state index in [1.165, 1.54) is 15.6 Å². The minimum Gasteiger partial charge on any atom is -0.143 e. The smallest absolute Gasteiger partial charge is 0.0348 e. The van der Waals surface area contributed by atoms with Crippen molar-refractivity contribution in [1.82, 2.24) is 0 Å². The van der Waals surface area contributed by atoms with E-state index in [0.717, 1.165) is 0 Å². The summed E-state index contributed by atoms with van der Waals surface area (Å²) in [5.74, 6) is 0. The lowest BCUT2D eigenvalue weighted by atomic mass is 10.2. The molecular weight excluding hydrogens is 196 g/mol. The summed E-state index contributed by atoms with van der Waals surface area (Å²) in [6.45, 7) is 0. The topological polar surface area (TPSA) is 0 Å². The standard InChI is InChI=1S/C11H10S2/c1-12-7-6-9-8-13-11-5-3-2-4-10(9)11/h2-8H,1H3/b7-6+. The van der Waals surface area contributed by atoms with Crippen molar-refractivity contribution in [2.24, 2.45) is 0 Å². The molecule has 0 aliphatic carbocycles. The van der Waals surface area contributed by atoms with Gasteiger partial charge in [-0.3, -0.25) is 0 Å². The zero-order chi connectivity index (χ0) is 9.10. The van der Waals surface area contributed by atoms with Gasteiger partial charge in [0.2, 0.25) is 0 Å². The van der Waals surface area contributed by atoms with Crippen molar-refractivity contribution < 1.29 is 0 Å². The Morgan fingerprint density at radius 3 is 3.00 bits per heavy atom. The van der Waals surface area contributed by atoms with Crippen molar-refractivity contribution >= 4 is 39.3 Å². The van der Waals surface area contributed by atoms with Gasteiger partial charge in [-0.05, 0) is 40.1 Å². The second kappa shape index (κ2) is 3.99. The molecule has 0 amide bonds. The summed E-state index contributed by atoms with van der Waals surface area (Å²) in [4.78, 5) is 0. The highest BCUT2D eigenvalue weighted by Crippen LogP contribution is 2.26. The Morgan fingerprint density at radius 1 is 1.31 bits per heavy atom. The fourth-order valence-corrected chi connectivity index (χ4v) is 2.48. The van der Waals surface area contributed by atoms with Crippen molar-refractivity contribution in [1.29, 1.82) is 0 Å². The number of hydrogen-bond donors (Lipinski definition) is 0. The van der Waals surface area contributed by atoms with Crippen LogP contribution < -0.4 is 0 Å². The van der Waals surface area contributed by atoms with Crippen molar-refractivity contribution in [3.05, 3.63) is 40.6 Å². The fraction of sp³-hybridized carbons (Fsp3) is 0.0909. The molecule has 2 aromatic rings. The van der Waals surface area contributed by atoms with Crippen LogP contribution >= 0.6 is 23.1 Å².